The molecular formula is C26H26N4O. The fourth-order valence-corrected chi connectivity index (χ4v) is 3.42. The Morgan fingerprint density at radius 1 is 0.806 bits per heavy atom. The molecule has 0 unspecified atom stereocenters. The molecule has 0 bridgehead atoms. The van der Waals surface area contributed by atoms with Crippen LogP contribution in [-0.4, -0.2) is 20.7 Å². The normalized spacial score (nSPS) is 10.9. The average molecular weight is 411 g/mol. The van der Waals surface area contributed by atoms with Crippen molar-refractivity contribution >= 4 is 11.6 Å². The topological polar surface area (TPSA) is 59.8 Å². The van der Waals surface area contributed by atoms with Gasteiger partial charge in [-0.15, -0.1) is 5.10 Å². The number of carbonyl (C=O) groups is 1. The van der Waals surface area contributed by atoms with Crippen molar-refractivity contribution in [2.45, 2.75) is 34.6 Å². The van der Waals surface area contributed by atoms with Gasteiger partial charge < -0.3 is 5.32 Å². The fraction of sp³-hybridized carbons (Fsp3) is 0.192. The standard InChI is InChI=1S/C26H26N4O/c1-16-7-6-8-21(13-16)25-28-24(26(31)27-22-11-9-17(2)19(4)14-22)29-30(25)23-12-10-18(3)20(5)15-23/h6-15H,1-5H3,(H,27,31). The maximum absolute atomic E-state index is 13.0. The lowest BCUT2D eigenvalue weighted by molar-refractivity contribution is 0.101. The molecule has 0 aliphatic carbocycles. The first-order valence-electron chi connectivity index (χ1n) is 10.3. The van der Waals surface area contributed by atoms with E-state index in [1.165, 1.54) is 11.1 Å². The molecule has 5 heteroatoms. The highest BCUT2D eigenvalue weighted by molar-refractivity contribution is 6.01. The maximum Gasteiger partial charge on any atom is 0.295 e. The summed E-state index contributed by atoms with van der Waals surface area (Å²) in [7, 11) is 0. The van der Waals surface area contributed by atoms with Crippen molar-refractivity contribution in [1.82, 2.24) is 14.8 Å². The zero-order valence-electron chi connectivity index (χ0n) is 18.5. The second-order valence-corrected chi connectivity index (χ2v) is 8.06. The number of benzene rings is 3. The molecule has 3 aromatic carbocycles. The smallest absolute Gasteiger partial charge is 0.295 e. The molecule has 1 amide bonds. The molecule has 0 aliphatic rings. The van der Waals surface area contributed by atoms with Crippen LogP contribution in [0.4, 0.5) is 5.69 Å². The summed E-state index contributed by atoms with van der Waals surface area (Å²) >= 11 is 0. The Hall–Kier alpha value is -3.73. The van der Waals surface area contributed by atoms with Crippen LogP contribution < -0.4 is 5.32 Å². The number of carbonyl (C=O) groups excluding carboxylic acids is 1. The van der Waals surface area contributed by atoms with Crippen LogP contribution in [0.5, 0.6) is 0 Å². The molecule has 31 heavy (non-hydrogen) atoms. The minimum Gasteiger partial charge on any atom is -0.319 e. The fourth-order valence-electron chi connectivity index (χ4n) is 3.42. The Morgan fingerprint density at radius 3 is 2.19 bits per heavy atom. The van der Waals surface area contributed by atoms with Crippen LogP contribution in [0.25, 0.3) is 17.1 Å². The van der Waals surface area contributed by atoms with Gasteiger partial charge in [0, 0.05) is 11.3 Å². The van der Waals surface area contributed by atoms with E-state index in [0.29, 0.717) is 5.82 Å². The van der Waals surface area contributed by atoms with Crippen LogP contribution in [0.15, 0.2) is 60.7 Å². The largest absolute Gasteiger partial charge is 0.319 e. The minimum absolute atomic E-state index is 0.132. The summed E-state index contributed by atoms with van der Waals surface area (Å²) in [6.45, 7) is 10.2. The van der Waals surface area contributed by atoms with E-state index in [9.17, 15) is 4.79 Å². The molecule has 4 aromatic rings. The summed E-state index contributed by atoms with van der Waals surface area (Å²) in [6.07, 6.45) is 0. The van der Waals surface area contributed by atoms with Gasteiger partial charge in [0.25, 0.3) is 5.91 Å². The molecule has 0 fully saturated rings. The molecule has 0 radical (unpaired) electrons. The molecule has 1 N–H and O–H groups in total. The van der Waals surface area contributed by atoms with Crippen molar-refractivity contribution in [2.24, 2.45) is 0 Å². The molecule has 1 aromatic heterocycles. The number of rotatable bonds is 4. The van der Waals surface area contributed by atoms with Gasteiger partial charge in [0.05, 0.1) is 5.69 Å². The Balaban J connectivity index is 1.77. The van der Waals surface area contributed by atoms with Crippen LogP contribution in [0, 0.1) is 34.6 Å². The number of anilines is 1. The summed E-state index contributed by atoms with van der Waals surface area (Å²) in [5.74, 6) is 0.435. The van der Waals surface area contributed by atoms with E-state index in [4.69, 9.17) is 0 Å². The molecule has 1 heterocycles. The second kappa shape index (κ2) is 8.19. The summed E-state index contributed by atoms with van der Waals surface area (Å²) in [5, 5.41) is 7.51. The van der Waals surface area contributed by atoms with Crippen molar-refractivity contribution in [3.05, 3.63) is 94.3 Å². The van der Waals surface area contributed by atoms with Gasteiger partial charge >= 0.3 is 0 Å². The quantitative estimate of drug-likeness (QED) is 0.467. The van der Waals surface area contributed by atoms with E-state index in [0.717, 1.165) is 33.6 Å². The van der Waals surface area contributed by atoms with Crippen LogP contribution in [-0.2, 0) is 0 Å². The van der Waals surface area contributed by atoms with Crippen molar-refractivity contribution in [2.75, 3.05) is 5.32 Å². The van der Waals surface area contributed by atoms with Crippen LogP contribution in [0.3, 0.4) is 0 Å². The number of hydrogen-bond donors (Lipinski definition) is 1. The number of hydrogen-bond acceptors (Lipinski definition) is 3. The first kappa shape index (κ1) is 20.5. The summed E-state index contributed by atoms with van der Waals surface area (Å²) in [4.78, 5) is 17.6. The van der Waals surface area contributed by atoms with Gasteiger partial charge in [0.2, 0.25) is 5.82 Å². The molecule has 0 spiro atoms. The number of aromatic nitrogens is 3. The zero-order chi connectivity index (χ0) is 22.1. The minimum atomic E-state index is -0.334. The molecular weight excluding hydrogens is 384 g/mol. The summed E-state index contributed by atoms with van der Waals surface area (Å²) in [5.41, 5.74) is 8.29. The molecule has 0 atom stereocenters. The first-order chi connectivity index (χ1) is 14.8. The van der Waals surface area contributed by atoms with E-state index in [-0.39, 0.29) is 11.7 Å². The third-order valence-corrected chi connectivity index (χ3v) is 5.59. The van der Waals surface area contributed by atoms with Crippen molar-refractivity contribution in [3.8, 4) is 17.1 Å². The predicted molar refractivity (Wildman–Crippen MR) is 125 cm³/mol. The number of aryl methyl sites for hydroxylation is 5. The van der Waals surface area contributed by atoms with E-state index < -0.39 is 0 Å². The Bertz CT molecular complexity index is 1290. The molecule has 0 aliphatic heterocycles. The number of amides is 1. The monoisotopic (exact) mass is 410 g/mol. The molecule has 0 saturated carbocycles. The Kier molecular flexibility index (Phi) is 5.42. The number of nitrogens with zero attached hydrogens (tertiary/aromatic N) is 3. The van der Waals surface area contributed by atoms with Gasteiger partial charge in [0.1, 0.15) is 0 Å². The van der Waals surface area contributed by atoms with E-state index in [1.54, 1.807) is 4.68 Å². The average Bonchev–Trinajstić information content (AvgIpc) is 3.18. The predicted octanol–water partition coefficient (Wildman–Crippen LogP) is 5.73. The van der Waals surface area contributed by atoms with Gasteiger partial charge in [0.15, 0.2) is 5.82 Å². The molecule has 156 valence electrons. The molecule has 4 rings (SSSR count). The van der Waals surface area contributed by atoms with Gasteiger partial charge in [-0.25, -0.2) is 9.67 Å². The Labute approximate surface area is 182 Å². The van der Waals surface area contributed by atoms with Crippen molar-refractivity contribution < 1.29 is 4.79 Å². The van der Waals surface area contributed by atoms with Crippen LogP contribution in [0.2, 0.25) is 0 Å². The summed E-state index contributed by atoms with van der Waals surface area (Å²) in [6, 6.07) is 20.0. The van der Waals surface area contributed by atoms with Gasteiger partial charge in [-0.2, -0.15) is 0 Å². The van der Waals surface area contributed by atoms with E-state index in [1.807, 2.05) is 69.3 Å². The zero-order valence-corrected chi connectivity index (χ0v) is 18.5. The number of nitrogens with one attached hydrogen (secondary N) is 1. The lowest BCUT2D eigenvalue weighted by Crippen LogP contribution is -2.14. The lowest BCUT2D eigenvalue weighted by Gasteiger charge is -2.09. The lowest BCUT2D eigenvalue weighted by atomic mass is 10.1. The summed E-state index contributed by atoms with van der Waals surface area (Å²) < 4.78 is 1.75. The van der Waals surface area contributed by atoms with Crippen molar-refractivity contribution in [1.29, 1.82) is 0 Å². The van der Waals surface area contributed by atoms with Gasteiger partial charge in [-0.1, -0.05) is 35.9 Å². The van der Waals surface area contributed by atoms with Gasteiger partial charge in [-0.05, 0) is 87.2 Å². The van der Waals surface area contributed by atoms with Crippen LogP contribution >= 0.6 is 0 Å². The first-order valence-corrected chi connectivity index (χ1v) is 10.3. The highest BCUT2D eigenvalue weighted by atomic mass is 16.2. The van der Waals surface area contributed by atoms with Gasteiger partial charge in [-0.3, -0.25) is 4.79 Å². The van der Waals surface area contributed by atoms with Crippen LogP contribution in [0.1, 0.15) is 38.4 Å². The molecule has 0 saturated heterocycles. The maximum atomic E-state index is 13.0. The van der Waals surface area contributed by atoms with Crippen molar-refractivity contribution in [3.63, 3.8) is 0 Å². The van der Waals surface area contributed by atoms with E-state index in [2.05, 4.69) is 41.4 Å². The molecule has 5 nitrogen and oxygen atoms in total. The van der Waals surface area contributed by atoms with E-state index >= 15 is 0 Å². The highest BCUT2D eigenvalue weighted by Crippen LogP contribution is 2.24. The third-order valence-electron chi connectivity index (χ3n) is 5.59. The Morgan fingerprint density at radius 2 is 1.52 bits per heavy atom. The highest BCUT2D eigenvalue weighted by Gasteiger charge is 2.19. The SMILES string of the molecule is Cc1cccc(-c2nc(C(=O)Nc3ccc(C)c(C)c3)nn2-c2ccc(C)c(C)c2)c1. The third kappa shape index (κ3) is 4.26. The second-order valence-electron chi connectivity index (χ2n) is 8.06.